The summed E-state index contributed by atoms with van der Waals surface area (Å²) in [4.78, 5) is 23.9. The predicted molar refractivity (Wildman–Crippen MR) is 91.2 cm³/mol. The van der Waals surface area contributed by atoms with Gasteiger partial charge in [0, 0.05) is 12.1 Å². The Morgan fingerprint density at radius 2 is 1.88 bits per heavy atom. The van der Waals surface area contributed by atoms with Crippen molar-refractivity contribution in [2.45, 2.75) is 57.6 Å². The van der Waals surface area contributed by atoms with Crippen molar-refractivity contribution in [3.05, 3.63) is 23.8 Å². The van der Waals surface area contributed by atoms with Crippen molar-refractivity contribution < 1.29 is 19.1 Å². The number of methoxy groups -OCH3 is 1. The van der Waals surface area contributed by atoms with Gasteiger partial charge in [-0.1, -0.05) is 25.7 Å². The lowest BCUT2D eigenvalue weighted by Gasteiger charge is -2.21. The fraction of sp³-hybridized carbons (Fsp3) is 0.556. The van der Waals surface area contributed by atoms with Gasteiger partial charge in [-0.25, -0.2) is 0 Å². The quantitative estimate of drug-likeness (QED) is 0.782. The molecule has 1 aliphatic carbocycles. The van der Waals surface area contributed by atoms with Crippen molar-refractivity contribution in [3.8, 4) is 11.5 Å². The molecule has 24 heavy (non-hydrogen) atoms. The van der Waals surface area contributed by atoms with Crippen LogP contribution in [0.3, 0.4) is 0 Å². The van der Waals surface area contributed by atoms with Gasteiger partial charge in [0.15, 0.2) is 6.10 Å². The van der Waals surface area contributed by atoms with Crippen LogP contribution < -0.4 is 20.5 Å². The molecule has 0 saturated heterocycles. The van der Waals surface area contributed by atoms with Gasteiger partial charge in [0.25, 0.3) is 11.8 Å². The molecule has 0 radical (unpaired) electrons. The highest BCUT2D eigenvalue weighted by molar-refractivity contribution is 5.96. The van der Waals surface area contributed by atoms with E-state index < -0.39 is 12.0 Å². The van der Waals surface area contributed by atoms with Crippen molar-refractivity contribution in [2.24, 2.45) is 5.73 Å². The van der Waals surface area contributed by atoms with Gasteiger partial charge in [0.2, 0.25) is 0 Å². The second kappa shape index (κ2) is 8.57. The molecule has 1 aromatic rings. The van der Waals surface area contributed by atoms with E-state index in [1.165, 1.54) is 26.0 Å². The molecule has 6 nitrogen and oxygen atoms in total. The number of amides is 2. The molecule has 2 amide bonds. The number of benzene rings is 1. The largest absolute Gasteiger partial charge is 0.497 e. The van der Waals surface area contributed by atoms with Gasteiger partial charge in [-0.3, -0.25) is 9.59 Å². The highest BCUT2D eigenvalue weighted by atomic mass is 16.5. The Kier molecular flexibility index (Phi) is 6.46. The van der Waals surface area contributed by atoms with Gasteiger partial charge in [-0.2, -0.15) is 0 Å². The topological polar surface area (TPSA) is 90.7 Å². The number of nitrogens with one attached hydrogen (secondary N) is 1. The van der Waals surface area contributed by atoms with Crippen LogP contribution in [0.15, 0.2) is 18.2 Å². The first-order chi connectivity index (χ1) is 11.5. The lowest BCUT2D eigenvalue weighted by atomic mass is 10.1. The molecule has 0 aliphatic heterocycles. The molecule has 0 heterocycles. The summed E-state index contributed by atoms with van der Waals surface area (Å²) in [6.07, 6.45) is 6.02. The molecule has 0 spiro atoms. The Balaban J connectivity index is 2.03. The lowest BCUT2D eigenvalue weighted by molar-refractivity contribution is -0.128. The van der Waals surface area contributed by atoms with Gasteiger partial charge >= 0.3 is 0 Å². The minimum absolute atomic E-state index is 0.180. The van der Waals surface area contributed by atoms with Crippen molar-refractivity contribution in [1.29, 1.82) is 0 Å². The van der Waals surface area contributed by atoms with Crippen molar-refractivity contribution in [3.63, 3.8) is 0 Å². The van der Waals surface area contributed by atoms with Gasteiger partial charge in [0.05, 0.1) is 12.7 Å². The SMILES string of the molecule is COc1ccc(C(N)=O)c(OC(C)C(=O)NC2CCCCCC2)c1. The number of carbonyl (C=O) groups excluding carboxylic acids is 2. The number of primary amides is 1. The molecule has 6 heteroatoms. The van der Waals surface area contributed by atoms with Gasteiger partial charge in [-0.05, 0) is 31.9 Å². The summed E-state index contributed by atoms with van der Waals surface area (Å²) in [7, 11) is 1.52. The normalized spacial score (nSPS) is 16.8. The van der Waals surface area contributed by atoms with E-state index in [4.69, 9.17) is 15.2 Å². The average Bonchev–Trinajstić information content (AvgIpc) is 2.83. The third-order valence-corrected chi connectivity index (χ3v) is 4.33. The number of nitrogens with two attached hydrogens (primary N) is 1. The summed E-state index contributed by atoms with van der Waals surface area (Å²) in [6, 6.07) is 4.93. The lowest BCUT2D eigenvalue weighted by Crippen LogP contribution is -2.42. The molecular weight excluding hydrogens is 308 g/mol. The molecular formula is C18H26N2O4. The number of hydrogen-bond acceptors (Lipinski definition) is 4. The van der Waals surface area contributed by atoms with Gasteiger partial charge < -0.3 is 20.5 Å². The maximum absolute atomic E-state index is 12.4. The van der Waals surface area contributed by atoms with Crippen LogP contribution >= 0.6 is 0 Å². The molecule has 1 unspecified atom stereocenters. The minimum Gasteiger partial charge on any atom is -0.497 e. The Morgan fingerprint density at radius 3 is 2.46 bits per heavy atom. The van der Waals surface area contributed by atoms with Crippen LogP contribution in [0.5, 0.6) is 11.5 Å². The fourth-order valence-corrected chi connectivity index (χ4v) is 2.92. The molecule has 1 aliphatic rings. The highest BCUT2D eigenvalue weighted by Gasteiger charge is 2.22. The van der Waals surface area contributed by atoms with Crippen LogP contribution in [0, 0.1) is 0 Å². The smallest absolute Gasteiger partial charge is 0.260 e. The zero-order valence-electron chi connectivity index (χ0n) is 14.3. The molecule has 0 aromatic heterocycles. The Morgan fingerprint density at radius 1 is 1.21 bits per heavy atom. The molecule has 1 atom stereocenters. The van der Waals surface area contributed by atoms with E-state index in [-0.39, 0.29) is 23.3 Å². The summed E-state index contributed by atoms with van der Waals surface area (Å²) >= 11 is 0. The summed E-state index contributed by atoms with van der Waals surface area (Å²) in [5.74, 6) is 0.000845. The fourth-order valence-electron chi connectivity index (χ4n) is 2.92. The minimum atomic E-state index is -0.724. The zero-order chi connectivity index (χ0) is 17.5. The van der Waals surface area contributed by atoms with Crippen molar-refractivity contribution in [2.75, 3.05) is 7.11 Å². The Bertz CT molecular complexity index is 580. The second-order valence-corrected chi connectivity index (χ2v) is 6.18. The molecule has 1 saturated carbocycles. The van der Waals surface area contributed by atoms with E-state index in [1.807, 2.05) is 0 Å². The first kappa shape index (κ1) is 18.1. The molecule has 0 bridgehead atoms. The van der Waals surface area contributed by atoms with Crippen LogP contribution in [0.2, 0.25) is 0 Å². The monoisotopic (exact) mass is 334 g/mol. The van der Waals surface area contributed by atoms with Crippen LogP contribution in [0.4, 0.5) is 0 Å². The molecule has 1 aromatic carbocycles. The Hall–Kier alpha value is -2.24. The predicted octanol–water partition coefficient (Wildman–Crippen LogP) is 2.40. The van der Waals surface area contributed by atoms with Crippen molar-refractivity contribution >= 4 is 11.8 Å². The third kappa shape index (κ3) is 4.88. The van der Waals surface area contributed by atoms with E-state index in [1.54, 1.807) is 19.1 Å². The summed E-state index contributed by atoms with van der Waals surface area (Å²) in [6.45, 7) is 1.66. The van der Waals surface area contributed by atoms with Gasteiger partial charge in [0.1, 0.15) is 11.5 Å². The summed E-state index contributed by atoms with van der Waals surface area (Å²) in [5.41, 5.74) is 5.59. The maximum atomic E-state index is 12.4. The van der Waals surface area contributed by atoms with E-state index in [9.17, 15) is 9.59 Å². The first-order valence-electron chi connectivity index (χ1n) is 8.46. The van der Waals surface area contributed by atoms with Gasteiger partial charge in [-0.15, -0.1) is 0 Å². The van der Waals surface area contributed by atoms with Crippen LogP contribution in [-0.4, -0.2) is 31.1 Å². The summed E-state index contributed by atoms with van der Waals surface area (Å²) in [5, 5.41) is 3.04. The van der Waals surface area contributed by atoms with Crippen molar-refractivity contribution in [1.82, 2.24) is 5.32 Å². The number of carbonyl (C=O) groups is 2. The Labute approximate surface area is 142 Å². The third-order valence-electron chi connectivity index (χ3n) is 4.33. The molecule has 1 fully saturated rings. The number of ether oxygens (including phenoxy) is 2. The second-order valence-electron chi connectivity index (χ2n) is 6.18. The summed E-state index contributed by atoms with van der Waals surface area (Å²) < 4.78 is 10.8. The van der Waals surface area contributed by atoms with E-state index >= 15 is 0 Å². The first-order valence-corrected chi connectivity index (χ1v) is 8.46. The van der Waals surface area contributed by atoms with Crippen LogP contribution in [-0.2, 0) is 4.79 Å². The highest BCUT2D eigenvalue weighted by Crippen LogP contribution is 2.25. The van der Waals surface area contributed by atoms with E-state index in [2.05, 4.69) is 5.32 Å². The number of hydrogen-bond donors (Lipinski definition) is 2. The van der Waals surface area contributed by atoms with Crippen LogP contribution in [0.25, 0.3) is 0 Å². The zero-order valence-corrected chi connectivity index (χ0v) is 14.3. The van der Waals surface area contributed by atoms with Crippen LogP contribution in [0.1, 0.15) is 55.8 Å². The standard InChI is InChI=1S/C18H26N2O4/c1-12(18(22)20-13-7-5-3-4-6-8-13)24-16-11-14(23-2)9-10-15(16)17(19)21/h9-13H,3-8H2,1-2H3,(H2,19,21)(H,20,22). The van der Waals surface area contributed by atoms with E-state index in [0.29, 0.717) is 5.75 Å². The van der Waals surface area contributed by atoms with E-state index in [0.717, 1.165) is 25.7 Å². The molecule has 3 N–H and O–H groups in total. The molecule has 2 rings (SSSR count). The maximum Gasteiger partial charge on any atom is 0.260 e. The average molecular weight is 334 g/mol. The molecule has 132 valence electrons. The number of rotatable bonds is 6.